The van der Waals surface area contributed by atoms with Crippen molar-refractivity contribution in [3.63, 3.8) is 0 Å². The third-order valence-electron chi connectivity index (χ3n) is 9.20. The van der Waals surface area contributed by atoms with Gasteiger partial charge in [-0.05, 0) is 61.8 Å². The molecule has 43 heavy (non-hydrogen) atoms. The number of benzene rings is 2. The summed E-state index contributed by atoms with van der Waals surface area (Å²) >= 11 is 3.62. The van der Waals surface area contributed by atoms with Crippen LogP contribution in [0.25, 0.3) is 0 Å². The molecule has 4 atom stereocenters. The lowest BCUT2D eigenvalue weighted by atomic mass is 9.82. The maximum absolute atomic E-state index is 14.6. The summed E-state index contributed by atoms with van der Waals surface area (Å²) in [4.78, 5) is 42.0. The molecule has 0 aliphatic carbocycles. The predicted molar refractivity (Wildman–Crippen MR) is 168 cm³/mol. The fourth-order valence-electron chi connectivity index (χ4n) is 7.30. The minimum absolute atomic E-state index is 0.00663. The van der Waals surface area contributed by atoms with Gasteiger partial charge in [0.25, 0.3) is 5.91 Å². The lowest BCUT2D eigenvalue weighted by Crippen LogP contribution is -2.46. The zero-order valence-corrected chi connectivity index (χ0v) is 27.3. The van der Waals surface area contributed by atoms with Crippen LogP contribution in [-0.4, -0.2) is 64.3 Å². The molecule has 10 nitrogen and oxygen atoms in total. The Morgan fingerprint density at radius 3 is 2.60 bits per heavy atom. The Labute approximate surface area is 260 Å². The van der Waals surface area contributed by atoms with Crippen LogP contribution < -0.4 is 9.80 Å². The Bertz CT molecular complexity index is 1530. The van der Waals surface area contributed by atoms with Crippen molar-refractivity contribution >= 4 is 47.4 Å². The average molecular weight is 669 g/mol. The van der Waals surface area contributed by atoms with Gasteiger partial charge in [-0.2, -0.15) is 0 Å². The van der Waals surface area contributed by atoms with E-state index in [2.05, 4.69) is 26.2 Å². The Hall–Kier alpha value is -2.90. The van der Waals surface area contributed by atoms with Crippen LogP contribution in [0, 0.1) is 5.92 Å². The first-order valence-corrected chi connectivity index (χ1v) is 18.8. The van der Waals surface area contributed by atoms with Gasteiger partial charge in [0.1, 0.15) is 0 Å². The summed E-state index contributed by atoms with van der Waals surface area (Å²) in [6.07, 6.45) is 3.91. The number of carbonyl (C=O) groups is 2. The number of aliphatic hydroxyl groups is 1. The van der Waals surface area contributed by atoms with Gasteiger partial charge in [-0.15, -0.1) is 5.10 Å². The first-order chi connectivity index (χ1) is 20.5. The lowest BCUT2D eigenvalue weighted by Gasteiger charge is -2.32. The second kappa shape index (κ2) is 11.5. The van der Waals surface area contributed by atoms with E-state index in [9.17, 15) is 19.5 Å². The molecule has 1 spiro atoms. The number of anilines is 2. The van der Waals surface area contributed by atoms with Crippen LogP contribution in [0.5, 0.6) is 0 Å². The topological polar surface area (TPSA) is 121 Å². The van der Waals surface area contributed by atoms with Gasteiger partial charge in [0.15, 0.2) is 13.9 Å². The average Bonchev–Trinajstić information content (AvgIpc) is 3.71. The van der Waals surface area contributed by atoms with Crippen LogP contribution in [0.2, 0.25) is 18.6 Å². The number of hydrogen-bond acceptors (Lipinski definition) is 7. The number of ether oxygens (including phenoxy) is 1. The molecular weight excluding hydrogens is 630 g/mol. The van der Waals surface area contributed by atoms with Crippen molar-refractivity contribution in [1.82, 2.24) is 15.0 Å². The number of carbonyl (C=O) groups excluding carboxylic acids is 2. The highest BCUT2D eigenvalue weighted by atomic mass is 79.9. The Kier molecular flexibility index (Phi) is 8.09. The first-order valence-electron chi connectivity index (χ1n) is 14.9. The van der Waals surface area contributed by atoms with Crippen molar-refractivity contribution < 1.29 is 24.2 Å². The summed E-state index contributed by atoms with van der Waals surface area (Å²) in [6.45, 7) is 7.50. The van der Waals surface area contributed by atoms with Crippen LogP contribution in [0.15, 0.2) is 53.1 Å². The van der Waals surface area contributed by atoms with Gasteiger partial charge in [-0.3, -0.25) is 14.3 Å². The third kappa shape index (κ3) is 5.37. The summed E-state index contributed by atoms with van der Waals surface area (Å²) < 4.78 is 9.51. The molecule has 2 N–H and O–H groups in total. The molecule has 0 saturated carbocycles. The highest BCUT2D eigenvalue weighted by Crippen LogP contribution is 2.60. The molecule has 0 radical (unpaired) electrons. The summed E-state index contributed by atoms with van der Waals surface area (Å²) in [7, 11) is -2.79. The monoisotopic (exact) mass is 667 g/mol. The van der Waals surface area contributed by atoms with Crippen LogP contribution >= 0.6 is 15.9 Å². The van der Waals surface area contributed by atoms with E-state index in [0.717, 1.165) is 39.9 Å². The number of aliphatic hydroxyl groups excluding tert-OH is 1. The number of hydrogen-bond donors (Lipinski definition) is 2. The van der Waals surface area contributed by atoms with E-state index in [1.165, 1.54) is 0 Å². The number of halogens is 1. The van der Waals surface area contributed by atoms with E-state index in [0.29, 0.717) is 38.0 Å². The van der Waals surface area contributed by atoms with Crippen molar-refractivity contribution in [2.75, 3.05) is 23.0 Å². The fraction of sp³-hybridized carbons (Fsp3) is 0.484. The van der Waals surface area contributed by atoms with Gasteiger partial charge in [0.2, 0.25) is 5.91 Å². The molecule has 3 aliphatic rings. The largest absolute Gasteiger partial charge is 0.432 e. The van der Waals surface area contributed by atoms with Gasteiger partial charge in [0, 0.05) is 65.9 Å². The van der Waals surface area contributed by atoms with Crippen molar-refractivity contribution in [1.29, 1.82) is 0 Å². The Morgan fingerprint density at radius 1 is 1.16 bits per heavy atom. The normalized spacial score (nSPS) is 25.4. The van der Waals surface area contributed by atoms with Gasteiger partial charge in [-0.25, -0.2) is 0 Å². The van der Waals surface area contributed by atoms with Crippen molar-refractivity contribution in [2.45, 2.75) is 76.0 Å². The lowest BCUT2D eigenvalue weighted by molar-refractivity contribution is -0.146. The number of nitrogens with zero attached hydrogens (tertiary/aromatic N) is 5. The molecular formula is C31H38BrN5O5Si. The standard InChI is InChI=1S/C31H38BrN5O5Si/c1-20-29(43(2,3)41)27(12-15-35-19-23(13-16-38)33-34-35)42-31(20)25-17-22(32)8-11-26(25)37(30(31)40)18-21-6-9-24(10-7-21)36-14-4-5-28(36)39/h6-11,17,19-20,27,29,38,41H,4-5,12-16,18H2,1-3H3/t20-,27+,29-,31+/m1/s1. The van der Waals surface area contributed by atoms with Gasteiger partial charge in [-0.1, -0.05) is 40.2 Å². The predicted octanol–water partition coefficient (Wildman–Crippen LogP) is 4.14. The van der Waals surface area contributed by atoms with Crippen molar-refractivity contribution in [3.05, 3.63) is 70.0 Å². The zero-order chi connectivity index (χ0) is 30.5. The summed E-state index contributed by atoms with van der Waals surface area (Å²) in [6, 6.07) is 13.7. The maximum Gasteiger partial charge on any atom is 0.264 e. The number of fused-ring (bicyclic) bond motifs is 2. The maximum atomic E-state index is 14.6. The molecule has 1 aromatic heterocycles. The summed E-state index contributed by atoms with van der Waals surface area (Å²) in [5.74, 6) is -0.243. The molecule has 4 heterocycles. The molecule has 3 aromatic rings. The molecule has 6 rings (SSSR count). The molecule has 0 bridgehead atoms. The minimum Gasteiger partial charge on any atom is -0.432 e. The van der Waals surface area contributed by atoms with Crippen molar-refractivity contribution in [2.24, 2.45) is 5.92 Å². The highest BCUT2D eigenvalue weighted by molar-refractivity contribution is 9.10. The molecule has 0 unspecified atom stereocenters. The minimum atomic E-state index is -2.79. The molecule has 2 aromatic carbocycles. The quantitative estimate of drug-likeness (QED) is 0.329. The fourth-order valence-corrected chi connectivity index (χ4v) is 10.3. The van der Waals surface area contributed by atoms with Crippen LogP contribution in [0.3, 0.4) is 0 Å². The zero-order valence-electron chi connectivity index (χ0n) is 24.7. The van der Waals surface area contributed by atoms with Gasteiger partial charge in [0.05, 0.1) is 24.0 Å². The van der Waals surface area contributed by atoms with Crippen LogP contribution in [0.4, 0.5) is 11.4 Å². The van der Waals surface area contributed by atoms with Crippen LogP contribution in [-0.2, 0) is 39.4 Å². The van der Waals surface area contributed by atoms with E-state index < -0.39 is 13.9 Å². The second-order valence-corrected chi connectivity index (χ2v) is 17.4. The summed E-state index contributed by atoms with van der Waals surface area (Å²) in [5, 5.41) is 17.6. The first kappa shape index (κ1) is 30.1. The number of aromatic nitrogens is 3. The van der Waals surface area contributed by atoms with E-state index in [1.54, 1.807) is 9.58 Å². The number of rotatable bonds is 9. The number of aryl methyl sites for hydroxylation is 1. The molecule has 228 valence electrons. The van der Waals surface area contributed by atoms with E-state index in [1.807, 2.05) is 73.6 Å². The smallest absolute Gasteiger partial charge is 0.264 e. The SMILES string of the molecule is C[C@@H]1[C@@H]([Si](C)(C)O)[C@H](CCn2cc(CCO)nn2)O[C@@]12C(=O)N(Cc1ccc(N3CCCC3=O)cc1)c1ccc(Br)cc12. The van der Waals surface area contributed by atoms with Crippen LogP contribution in [0.1, 0.15) is 43.0 Å². The van der Waals surface area contributed by atoms with E-state index in [-0.39, 0.29) is 36.0 Å². The van der Waals surface area contributed by atoms with E-state index >= 15 is 0 Å². The Morgan fingerprint density at radius 2 is 1.93 bits per heavy atom. The van der Waals surface area contributed by atoms with Gasteiger partial charge < -0.3 is 24.4 Å². The van der Waals surface area contributed by atoms with Crippen molar-refractivity contribution in [3.8, 4) is 0 Å². The second-order valence-electron chi connectivity index (χ2n) is 12.5. The molecule has 12 heteroatoms. The number of amides is 2. The van der Waals surface area contributed by atoms with E-state index in [4.69, 9.17) is 4.74 Å². The highest BCUT2D eigenvalue weighted by Gasteiger charge is 2.66. The molecule has 2 amide bonds. The third-order valence-corrected chi connectivity index (χ3v) is 12.2. The van der Waals surface area contributed by atoms with Gasteiger partial charge >= 0.3 is 0 Å². The molecule has 2 saturated heterocycles. The molecule has 3 aliphatic heterocycles. The summed E-state index contributed by atoms with van der Waals surface area (Å²) in [5.41, 5.74) is 2.75. The Balaban J connectivity index is 1.30. The molecule has 2 fully saturated rings.